The number of ether oxygens (including phenoxy) is 1. The Hall–Kier alpha value is -0.570. The summed E-state index contributed by atoms with van der Waals surface area (Å²) in [6.45, 7) is 8.16. The first-order valence-corrected chi connectivity index (χ1v) is 5.69. The van der Waals surface area contributed by atoms with Crippen molar-refractivity contribution in [3.63, 3.8) is 0 Å². The highest BCUT2D eigenvalue weighted by atomic mass is 16.5. The molecule has 0 aromatic rings. The molecule has 3 nitrogen and oxygen atoms in total. The predicted molar refractivity (Wildman–Crippen MR) is 58.8 cm³/mol. The van der Waals surface area contributed by atoms with Gasteiger partial charge in [-0.1, -0.05) is 13.8 Å². The molecular weight excluding hydrogens is 192 g/mol. The average Bonchev–Trinajstić information content (AvgIpc) is 2.08. The molecule has 0 unspecified atom stereocenters. The largest absolute Gasteiger partial charge is 0.479 e. The minimum absolute atomic E-state index is 0.0256. The van der Waals surface area contributed by atoms with Crippen LogP contribution in [0.25, 0.3) is 0 Å². The summed E-state index contributed by atoms with van der Waals surface area (Å²) in [7, 11) is 0. The molecule has 0 aliphatic heterocycles. The molecule has 1 N–H and O–H groups in total. The lowest BCUT2D eigenvalue weighted by Gasteiger charge is -2.41. The Kier molecular flexibility index (Phi) is 3.44. The number of carboxylic acid groups (broad SMARTS) is 1. The van der Waals surface area contributed by atoms with Crippen molar-refractivity contribution in [1.29, 1.82) is 0 Å². The first-order chi connectivity index (χ1) is 6.77. The van der Waals surface area contributed by atoms with Crippen LogP contribution in [0.15, 0.2) is 0 Å². The Balaban J connectivity index is 2.73. The molecule has 88 valence electrons. The van der Waals surface area contributed by atoms with Crippen molar-refractivity contribution in [3.05, 3.63) is 0 Å². The summed E-state index contributed by atoms with van der Waals surface area (Å²) < 4.78 is 5.63. The summed E-state index contributed by atoms with van der Waals surface area (Å²) in [6, 6.07) is 0. The lowest BCUT2D eigenvalue weighted by molar-refractivity contribution is -0.180. The van der Waals surface area contributed by atoms with E-state index in [-0.39, 0.29) is 11.5 Å². The van der Waals surface area contributed by atoms with Crippen LogP contribution >= 0.6 is 0 Å². The van der Waals surface area contributed by atoms with Gasteiger partial charge in [-0.25, -0.2) is 4.79 Å². The van der Waals surface area contributed by atoms with Crippen molar-refractivity contribution in [1.82, 2.24) is 0 Å². The molecule has 15 heavy (non-hydrogen) atoms. The topological polar surface area (TPSA) is 46.5 Å². The molecule has 1 aliphatic carbocycles. The number of rotatable bonds is 3. The summed E-state index contributed by atoms with van der Waals surface area (Å²) in [6.07, 6.45) is 3.08. The summed E-state index contributed by atoms with van der Waals surface area (Å²) >= 11 is 0. The number of carbonyl (C=O) groups is 1. The molecule has 0 bridgehead atoms. The normalized spacial score (nSPS) is 24.1. The predicted octanol–water partition coefficient (Wildman–Crippen LogP) is 2.84. The SMILES string of the molecule is CC(C)OC1(C(=O)O)CCC(C)(C)CC1. The van der Waals surface area contributed by atoms with Gasteiger partial charge in [-0.05, 0) is 44.9 Å². The molecule has 0 atom stereocenters. The standard InChI is InChI=1S/C12H22O3/c1-9(2)15-12(10(13)14)7-5-11(3,4)6-8-12/h9H,5-8H2,1-4H3,(H,13,14). The van der Waals surface area contributed by atoms with Crippen molar-refractivity contribution >= 4 is 5.97 Å². The molecule has 1 rings (SSSR count). The van der Waals surface area contributed by atoms with Crippen molar-refractivity contribution in [3.8, 4) is 0 Å². The minimum Gasteiger partial charge on any atom is -0.479 e. The van der Waals surface area contributed by atoms with E-state index in [1.807, 2.05) is 13.8 Å². The van der Waals surface area contributed by atoms with Gasteiger partial charge in [0.2, 0.25) is 0 Å². The summed E-state index contributed by atoms with van der Waals surface area (Å²) in [5.74, 6) is -0.799. The van der Waals surface area contributed by atoms with Gasteiger partial charge in [0.05, 0.1) is 6.10 Å². The molecule has 3 heteroatoms. The van der Waals surface area contributed by atoms with Gasteiger partial charge in [0.1, 0.15) is 0 Å². The molecule has 0 amide bonds. The fourth-order valence-corrected chi connectivity index (χ4v) is 2.16. The van der Waals surface area contributed by atoms with Crippen molar-refractivity contribution in [2.75, 3.05) is 0 Å². The molecule has 0 radical (unpaired) electrons. The van der Waals surface area contributed by atoms with E-state index in [9.17, 15) is 9.90 Å². The molecule has 0 aromatic carbocycles. The van der Waals surface area contributed by atoms with E-state index in [1.165, 1.54) is 0 Å². The second kappa shape index (κ2) is 4.12. The molecule has 0 saturated heterocycles. The first kappa shape index (κ1) is 12.5. The van der Waals surface area contributed by atoms with Crippen molar-refractivity contribution < 1.29 is 14.6 Å². The first-order valence-electron chi connectivity index (χ1n) is 5.69. The van der Waals surface area contributed by atoms with Crippen LogP contribution in [-0.2, 0) is 9.53 Å². The second-order valence-electron chi connectivity index (χ2n) is 5.63. The maximum Gasteiger partial charge on any atom is 0.335 e. The van der Waals surface area contributed by atoms with Gasteiger partial charge in [-0.2, -0.15) is 0 Å². The van der Waals surface area contributed by atoms with Gasteiger partial charge in [-0.3, -0.25) is 0 Å². The van der Waals surface area contributed by atoms with Crippen LogP contribution in [0.5, 0.6) is 0 Å². The van der Waals surface area contributed by atoms with Crippen LogP contribution in [0.4, 0.5) is 0 Å². The van der Waals surface area contributed by atoms with Crippen molar-refractivity contribution in [2.24, 2.45) is 5.41 Å². The van der Waals surface area contributed by atoms with Crippen LogP contribution < -0.4 is 0 Å². The zero-order chi connectivity index (χ0) is 11.7. The number of carboxylic acids is 1. The molecule has 1 fully saturated rings. The lowest BCUT2D eigenvalue weighted by Crippen LogP contribution is -2.47. The molecule has 0 aromatic heterocycles. The van der Waals surface area contributed by atoms with Gasteiger partial charge in [0, 0.05) is 0 Å². The monoisotopic (exact) mass is 214 g/mol. The third kappa shape index (κ3) is 2.94. The van der Waals surface area contributed by atoms with Crippen LogP contribution in [0.1, 0.15) is 53.4 Å². The Morgan fingerprint density at radius 1 is 1.20 bits per heavy atom. The molecule has 0 heterocycles. The van der Waals surface area contributed by atoms with E-state index in [4.69, 9.17) is 4.74 Å². The van der Waals surface area contributed by atoms with Gasteiger partial charge in [0.15, 0.2) is 5.60 Å². The average molecular weight is 214 g/mol. The summed E-state index contributed by atoms with van der Waals surface area (Å²) in [5.41, 5.74) is -0.664. The van der Waals surface area contributed by atoms with Gasteiger partial charge in [0.25, 0.3) is 0 Å². The lowest BCUT2D eigenvalue weighted by atomic mass is 9.71. The fourth-order valence-electron chi connectivity index (χ4n) is 2.16. The zero-order valence-corrected chi connectivity index (χ0v) is 10.2. The summed E-state index contributed by atoms with van der Waals surface area (Å²) in [5, 5.41) is 9.28. The van der Waals surface area contributed by atoms with Gasteiger partial charge in [-0.15, -0.1) is 0 Å². The molecule has 1 saturated carbocycles. The number of hydrogen-bond donors (Lipinski definition) is 1. The van der Waals surface area contributed by atoms with E-state index >= 15 is 0 Å². The van der Waals surface area contributed by atoms with Crippen LogP contribution in [0, 0.1) is 5.41 Å². The third-order valence-corrected chi connectivity index (χ3v) is 3.26. The van der Waals surface area contributed by atoms with Crippen molar-refractivity contribution in [2.45, 2.75) is 65.1 Å². The maximum absolute atomic E-state index is 11.3. The van der Waals surface area contributed by atoms with Gasteiger partial charge < -0.3 is 9.84 Å². The van der Waals surface area contributed by atoms with E-state index in [0.717, 1.165) is 12.8 Å². The quantitative estimate of drug-likeness (QED) is 0.785. The highest BCUT2D eigenvalue weighted by Crippen LogP contribution is 2.42. The third-order valence-electron chi connectivity index (χ3n) is 3.26. The summed E-state index contributed by atoms with van der Waals surface area (Å²) in [4.78, 5) is 11.3. The Bertz CT molecular complexity index is 233. The van der Waals surface area contributed by atoms with Crippen LogP contribution in [0.3, 0.4) is 0 Å². The highest BCUT2D eigenvalue weighted by molar-refractivity contribution is 5.77. The molecular formula is C12H22O3. The van der Waals surface area contributed by atoms with E-state index in [0.29, 0.717) is 12.8 Å². The van der Waals surface area contributed by atoms with Crippen LogP contribution in [-0.4, -0.2) is 22.8 Å². The van der Waals surface area contributed by atoms with E-state index in [1.54, 1.807) is 0 Å². The highest BCUT2D eigenvalue weighted by Gasteiger charge is 2.45. The fraction of sp³-hybridized carbons (Fsp3) is 0.917. The van der Waals surface area contributed by atoms with E-state index in [2.05, 4.69) is 13.8 Å². The maximum atomic E-state index is 11.3. The molecule has 0 spiro atoms. The van der Waals surface area contributed by atoms with Gasteiger partial charge >= 0.3 is 5.97 Å². The van der Waals surface area contributed by atoms with E-state index < -0.39 is 11.6 Å². The molecule has 1 aliphatic rings. The number of hydrogen-bond acceptors (Lipinski definition) is 2. The Morgan fingerprint density at radius 2 is 1.67 bits per heavy atom. The minimum atomic E-state index is -0.927. The Labute approximate surface area is 91.8 Å². The smallest absolute Gasteiger partial charge is 0.335 e. The zero-order valence-electron chi connectivity index (χ0n) is 10.2. The Morgan fingerprint density at radius 3 is 2.00 bits per heavy atom. The number of aliphatic carboxylic acids is 1. The second-order valence-corrected chi connectivity index (χ2v) is 5.63. The van der Waals surface area contributed by atoms with Crippen LogP contribution in [0.2, 0.25) is 0 Å².